The molecule has 1 heterocycles. The van der Waals surface area contributed by atoms with Crippen LogP contribution in [0.15, 0.2) is 28.7 Å². The molecule has 0 aromatic heterocycles. The van der Waals surface area contributed by atoms with Crippen molar-refractivity contribution in [1.82, 2.24) is 10.2 Å². The molecule has 7 nitrogen and oxygen atoms in total. The fraction of sp³-hybridized carbons (Fsp3) is 0.471. The SMILES string of the molecule is C[C@]1(C2CC2)NC(=O)N(CC(=O)OCCOc2ccc(Br)cc2)C1=O. The van der Waals surface area contributed by atoms with Crippen LogP contribution >= 0.6 is 15.9 Å². The largest absolute Gasteiger partial charge is 0.490 e. The maximum Gasteiger partial charge on any atom is 0.326 e. The summed E-state index contributed by atoms with van der Waals surface area (Å²) in [5.41, 5.74) is -0.887. The van der Waals surface area contributed by atoms with Crippen LogP contribution in [-0.2, 0) is 14.3 Å². The van der Waals surface area contributed by atoms with E-state index in [1.54, 1.807) is 19.1 Å². The Morgan fingerprint density at radius 1 is 1.28 bits per heavy atom. The molecule has 0 spiro atoms. The van der Waals surface area contributed by atoms with Gasteiger partial charge in [-0.1, -0.05) is 15.9 Å². The molecule has 2 fully saturated rings. The average molecular weight is 411 g/mol. The Morgan fingerprint density at radius 2 is 1.96 bits per heavy atom. The lowest BCUT2D eigenvalue weighted by atomic mass is 9.96. The van der Waals surface area contributed by atoms with Crippen molar-refractivity contribution in [3.05, 3.63) is 28.7 Å². The van der Waals surface area contributed by atoms with Crippen LogP contribution in [0.5, 0.6) is 5.75 Å². The summed E-state index contributed by atoms with van der Waals surface area (Å²) in [6.45, 7) is 1.55. The summed E-state index contributed by atoms with van der Waals surface area (Å²) < 4.78 is 11.4. The molecular weight excluding hydrogens is 392 g/mol. The molecule has 3 rings (SSSR count). The van der Waals surface area contributed by atoms with E-state index in [-0.39, 0.29) is 31.6 Å². The maximum absolute atomic E-state index is 12.4. The van der Waals surface area contributed by atoms with Gasteiger partial charge >= 0.3 is 12.0 Å². The molecule has 8 heteroatoms. The number of ether oxygens (including phenoxy) is 2. The average Bonchev–Trinajstić information content (AvgIpc) is 3.40. The quantitative estimate of drug-likeness (QED) is 0.422. The van der Waals surface area contributed by atoms with Crippen molar-refractivity contribution in [2.24, 2.45) is 5.92 Å². The van der Waals surface area contributed by atoms with Gasteiger partial charge in [-0.3, -0.25) is 14.5 Å². The zero-order chi connectivity index (χ0) is 18.0. The zero-order valence-corrected chi connectivity index (χ0v) is 15.4. The first kappa shape index (κ1) is 17.7. The molecule has 1 aliphatic carbocycles. The third kappa shape index (κ3) is 3.95. The number of carbonyl (C=O) groups is 3. The molecule has 1 aromatic rings. The van der Waals surface area contributed by atoms with Gasteiger partial charge in [0.1, 0.15) is 31.0 Å². The van der Waals surface area contributed by atoms with E-state index in [2.05, 4.69) is 21.2 Å². The maximum atomic E-state index is 12.4. The third-order valence-corrected chi connectivity index (χ3v) is 4.94. The van der Waals surface area contributed by atoms with Gasteiger partial charge in [0.15, 0.2) is 0 Å². The molecule has 1 saturated heterocycles. The second-order valence-corrected chi connectivity index (χ2v) is 7.24. The Balaban J connectivity index is 1.42. The van der Waals surface area contributed by atoms with Gasteiger partial charge in [-0.25, -0.2) is 4.79 Å². The standard InChI is InChI=1S/C17H19BrN2O5/c1-17(11-2-3-11)15(22)20(16(23)19-17)10-14(21)25-9-8-24-13-6-4-12(18)5-7-13/h4-7,11H,2-3,8-10H2,1H3,(H,19,23)/t17-/m1/s1. The van der Waals surface area contributed by atoms with E-state index < -0.39 is 17.5 Å². The monoisotopic (exact) mass is 410 g/mol. The van der Waals surface area contributed by atoms with Crippen molar-refractivity contribution in [1.29, 1.82) is 0 Å². The second-order valence-electron chi connectivity index (χ2n) is 6.32. The molecule has 0 unspecified atom stereocenters. The van der Waals surface area contributed by atoms with Gasteiger partial charge in [0.2, 0.25) is 0 Å². The van der Waals surface area contributed by atoms with Crippen molar-refractivity contribution in [2.75, 3.05) is 19.8 Å². The van der Waals surface area contributed by atoms with Crippen molar-refractivity contribution >= 4 is 33.8 Å². The topological polar surface area (TPSA) is 84.9 Å². The number of hydrogen-bond donors (Lipinski definition) is 1. The van der Waals surface area contributed by atoms with Crippen LogP contribution in [0.3, 0.4) is 0 Å². The van der Waals surface area contributed by atoms with Crippen molar-refractivity contribution < 1.29 is 23.9 Å². The first-order chi connectivity index (χ1) is 11.9. The number of esters is 1. The summed E-state index contributed by atoms with van der Waals surface area (Å²) in [5.74, 6) is -0.177. The minimum Gasteiger partial charge on any atom is -0.490 e. The van der Waals surface area contributed by atoms with Gasteiger partial charge in [-0.15, -0.1) is 0 Å². The molecule has 0 radical (unpaired) electrons. The molecule has 1 atom stereocenters. The smallest absolute Gasteiger partial charge is 0.326 e. The van der Waals surface area contributed by atoms with Gasteiger partial charge in [-0.05, 0) is 49.9 Å². The molecular formula is C17H19BrN2O5. The third-order valence-electron chi connectivity index (χ3n) is 4.41. The normalized spacial score (nSPS) is 22.7. The number of amides is 3. The fourth-order valence-corrected chi connectivity index (χ4v) is 3.08. The van der Waals surface area contributed by atoms with Gasteiger partial charge in [0, 0.05) is 4.47 Å². The summed E-state index contributed by atoms with van der Waals surface area (Å²) in [6.07, 6.45) is 1.82. The lowest BCUT2D eigenvalue weighted by Gasteiger charge is -2.20. The Kier molecular flexibility index (Phi) is 4.99. The minimum atomic E-state index is -0.887. The number of hydrogen-bond acceptors (Lipinski definition) is 5. The molecule has 0 bridgehead atoms. The zero-order valence-electron chi connectivity index (χ0n) is 13.8. The van der Waals surface area contributed by atoms with Crippen LogP contribution in [0.2, 0.25) is 0 Å². The van der Waals surface area contributed by atoms with Crippen LogP contribution < -0.4 is 10.1 Å². The lowest BCUT2D eigenvalue weighted by molar-refractivity contribution is -0.148. The molecule has 2 aliphatic rings. The van der Waals surface area contributed by atoms with Crippen LogP contribution in [0.1, 0.15) is 19.8 Å². The van der Waals surface area contributed by atoms with E-state index in [1.165, 1.54) is 0 Å². The molecule has 1 saturated carbocycles. The number of urea groups is 1. The summed E-state index contributed by atoms with van der Waals surface area (Å²) >= 11 is 3.33. The Morgan fingerprint density at radius 3 is 2.60 bits per heavy atom. The van der Waals surface area contributed by atoms with Crippen molar-refractivity contribution in [2.45, 2.75) is 25.3 Å². The summed E-state index contributed by atoms with van der Waals surface area (Å²) in [6, 6.07) is 6.73. The fourth-order valence-electron chi connectivity index (χ4n) is 2.82. The Hall–Kier alpha value is -2.09. The number of benzene rings is 1. The number of rotatable bonds is 7. The van der Waals surface area contributed by atoms with E-state index in [9.17, 15) is 14.4 Å². The highest BCUT2D eigenvalue weighted by molar-refractivity contribution is 9.10. The molecule has 1 aromatic carbocycles. The van der Waals surface area contributed by atoms with Gasteiger partial charge in [-0.2, -0.15) is 0 Å². The molecule has 1 N–H and O–H groups in total. The highest BCUT2D eigenvalue weighted by atomic mass is 79.9. The first-order valence-electron chi connectivity index (χ1n) is 8.08. The van der Waals surface area contributed by atoms with Gasteiger partial charge in [0.05, 0.1) is 0 Å². The van der Waals surface area contributed by atoms with Crippen LogP contribution in [0.4, 0.5) is 4.79 Å². The highest BCUT2D eigenvalue weighted by Gasteiger charge is 2.56. The van der Waals surface area contributed by atoms with E-state index >= 15 is 0 Å². The molecule has 1 aliphatic heterocycles. The van der Waals surface area contributed by atoms with Crippen molar-refractivity contribution in [3.63, 3.8) is 0 Å². The van der Waals surface area contributed by atoms with Crippen LogP contribution in [0, 0.1) is 5.92 Å². The number of nitrogens with zero attached hydrogens (tertiary/aromatic N) is 1. The lowest BCUT2D eigenvalue weighted by Crippen LogP contribution is -2.46. The molecule has 25 heavy (non-hydrogen) atoms. The highest BCUT2D eigenvalue weighted by Crippen LogP contribution is 2.42. The van der Waals surface area contributed by atoms with E-state index in [0.29, 0.717) is 5.75 Å². The Bertz CT molecular complexity index is 689. The van der Waals surface area contributed by atoms with Gasteiger partial charge < -0.3 is 14.8 Å². The summed E-state index contributed by atoms with van der Waals surface area (Å²) in [7, 11) is 0. The molecule has 3 amide bonds. The number of carbonyl (C=O) groups excluding carboxylic acids is 3. The van der Waals surface area contributed by atoms with E-state index in [1.807, 2.05) is 12.1 Å². The van der Waals surface area contributed by atoms with Crippen LogP contribution in [-0.4, -0.2) is 48.1 Å². The second kappa shape index (κ2) is 7.03. The Labute approximate surface area is 153 Å². The number of nitrogens with one attached hydrogen (secondary N) is 1. The van der Waals surface area contributed by atoms with E-state index in [4.69, 9.17) is 9.47 Å². The first-order valence-corrected chi connectivity index (χ1v) is 8.87. The number of halogens is 1. The summed E-state index contributed by atoms with van der Waals surface area (Å²) in [5, 5.41) is 2.69. The predicted molar refractivity (Wildman–Crippen MR) is 92.0 cm³/mol. The van der Waals surface area contributed by atoms with Crippen LogP contribution in [0.25, 0.3) is 0 Å². The van der Waals surface area contributed by atoms with Crippen molar-refractivity contribution in [3.8, 4) is 5.75 Å². The van der Waals surface area contributed by atoms with E-state index in [0.717, 1.165) is 22.2 Å². The minimum absolute atomic E-state index is 0.0401. The number of imide groups is 1. The predicted octanol–water partition coefficient (Wildman–Crippen LogP) is 2.09. The summed E-state index contributed by atoms with van der Waals surface area (Å²) in [4.78, 5) is 37.2. The van der Waals surface area contributed by atoms with Gasteiger partial charge in [0.25, 0.3) is 5.91 Å². The molecule has 134 valence electrons.